The molecule has 2 rings (SSSR count). The molecule has 0 aromatic carbocycles. The molecule has 1 nitrogen and oxygen atoms in total. The predicted octanol–water partition coefficient (Wildman–Crippen LogP) is 1.47. The van der Waals surface area contributed by atoms with Gasteiger partial charge in [-0.15, -0.1) is 0 Å². The number of thioether (sulfide) groups is 1. The van der Waals surface area contributed by atoms with Crippen molar-refractivity contribution in [3.8, 4) is 0 Å². The molecule has 9 heavy (non-hydrogen) atoms. The Morgan fingerprint density at radius 2 is 2.00 bits per heavy atom. The number of hydrogen-bond donors (Lipinski definition) is 0. The Labute approximate surface area is 59.2 Å². The Hall–Kier alpha value is 0.0200. The molecular formula is C7H10OS. The number of Topliss-reactive ketones (excluding diaryl/α,β-unsaturated/α-hetero) is 1. The van der Waals surface area contributed by atoms with Crippen molar-refractivity contribution >= 4 is 17.5 Å². The molecule has 0 aromatic rings. The van der Waals surface area contributed by atoms with Crippen molar-refractivity contribution in [3.05, 3.63) is 0 Å². The molecule has 1 aliphatic heterocycles. The third-order valence-electron chi connectivity index (χ3n) is 2.00. The van der Waals surface area contributed by atoms with Gasteiger partial charge in [-0.1, -0.05) is 0 Å². The van der Waals surface area contributed by atoms with E-state index in [-0.39, 0.29) is 0 Å². The quantitative estimate of drug-likeness (QED) is 0.580. The summed E-state index contributed by atoms with van der Waals surface area (Å²) < 4.78 is 0. The molecule has 50 valence electrons. The topological polar surface area (TPSA) is 17.1 Å². The molecule has 0 N–H and O–H groups in total. The number of carbonyl (C=O) groups is 1. The van der Waals surface area contributed by atoms with Crippen LogP contribution < -0.4 is 0 Å². The second-order valence-electron chi connectivity index (χ2n) is 2.82. The number of hydrogen-bond acceptors (Lipinski definition) is 2. The summed E-state index contributed by atoms with van der Waals surface area (Å²) >= 11 is 1.83. The molecule has 0 radical (unpaired) electrons. The van der Waals surface area contributed by atoms with Gasteiger partial charge in [0.1, 0.15) is 5.78 Å². The molecule has 2 fully saturated rings. The van der Waals surface area contributed by atoms with E-state index >= 15 is 0 Å². The fourth-order valence-electron chi connectivity index (χ4n) is 1.09. The zero-order chi connectivity index (χ0) is 6.27. The summed E-state index contributed by atoms with van der Waals surface area (Å²) in [6.07, 6.45) is 3.51. The van der Waals surface area contributed by atoms with Gasteiger partial charge in [0.05, 0.1) is 5.25 Å². The van der Waals surface area contributed by atoms with Gasteiger partial charge >= 0.3 is 0 Å². The molecule has 0 amide bonds. The Balaban J connectivity index is 1.88. The molecular weight excluding hydrogens is 132 g/mol. The molecule has 0 aromatic heterocycles. The van der Waals surface area contributed by atoms with E-state index in [0.717, 1.165) is 6.42 Å². The maximum absolute atomic E-state index is 11.2. The fourth-order valence-corrected chi connectivity index (χ4v) is 1.92. The number of rotatable bonds is 2. The van der Waals surface area contributed by atoms with Gasteiger partial charge in [-0.05, 0) is 25.0 Å². The molecule has 1 saturated carbocycles. The van der Waals surface area contributed by atoms with Gasteiger partial charge in [-0.25, -0.2) is 0 Å². The minimum atomic E-state index is 0.414. The van der Waals surface area contributed by atoms with E-state index in [0.29, 0.717) is 17.0 Å². The molecule has 1 heterocycles. The normalized spacial score (nSPS) is 33.6. The van der Waals surface area contributed by atoms with Crippen molar-refractivity contribution < 1.29 is 4.79 Å². The number of ketones is 1. The third-order valence-corrected chi connectivity index (χ3v) is 3.34. The van der Waals surface area contributed by atoms with Crippen LogP contribution in [-0.2, 0) is 4.79 Å². The van der Waals surface area contributed by atoms with E-state index in [2.05, 4.69) is 0 Å². The second kappa shape index (κ2) is 2.01. The van der Waals surface area contributed by atoms with Crippen molar-refractivity contribution in [1.82, 2.24) is 0 Å². The van der Waals surface area contributed by atoms with Gasteiger partial charge in [-0.3, -0.25) is 4.79 Å². The van der Waals surface area contributed by atoms with E-state index < -0.39 is 0 Å². The molecule has 1 unspecified atom stereocenters. The van der Waals surface area contributed by atoms with Gasteiger partial charge < -0.3 is 0 Å². The summed E-state index contributed by atoms with van der Waals surface area (Å²) in [5.74, 6) is 2.25. The summed E-state index contributed by atoms with van der Waals surface area (Å²) in [5.41, 5.74) is 0. The van der Waals surface area contributed by atoms with Crippen LogP contribution in [0.1, 0.15) is 19.3 Å². The summed E-state index contributed by atoms with van der Waals surface area (Å²) in [7, 11) is 0. The Bertz CT molecular complexity index is 136. The summed E-state index contributed by atoms with van der Waals surface area (Å²) in [6.45, 7) is 0. The van der Waals surface area contributed by atoms with E-state index in [4.69, 9.17) is 0 Å². The first kappa shape index (κ1) is 5.78. The fraction of sp³-hybridized carbons (Fsp3) is 0.857. The van der Waals surface area contributed by atoms with Crippen LogP contribution in [0.25, 0.3) is 0 Å². The van der Waals surface area contributed by atoms with E-state index in [9.17, 15) is 4.79 Å². The Kier molecular flexibility index (Phi) is 1.29. The highest BCUT2D eigenvalue weighted by molar-refractivity contribution is 8.02. The predicted molar refractivity (Wildman–Crippen MR) is 38.6 cm³/mol. The Morgan fingerprint density at radius 3 is 2.33 bits per heavy atom. The summed E-state index contributed by atoms with van der Waals surface area (Å²) in [5, 5.41) is 0.414. The van der Waals surface area contributed by atoms with Crippen LogP contribution in [-0.4, -0.2) is 16.8 Å². The molecule has 1 aliphatic carbocycles. The van der Waals surface area contributed by atoms with Crippen LogP contribution >= 0.6 is 11.8 Å². The first-order valence-corrected chi connectivity index (χ1v) is 4.58. The van der Waals surface area contributed by atoms with Crippen LogP contribution in [0, 0.1) is 5.92 Å². The molecule has 2 aliphatic rings. The van der Waals surface area contributed by atoms with Gasteiger partial charge in [0, 0.05) is 5.92 Å². The monoisotopic (exact) mass is 142 g/mol. The minimum Gasteiger partial charge on any atom is -0.298 e. The lowest BCUT2D eigenvalue weighted by molar-refractivity contribution is -0.119. The first-order valence-electron chi connectivity index (χ1n) is 3.53. The van der Waals surface area contributed by atoms with Gasteiger partial charge in [0.25, 0.3) is 0 Å². The summed E-state index contributed by atoms with van der Waals surface area (Å²) in [4.78, 5) is 11.2. The average molecular weight is 142 g/mol. The largest absolute Gasteiger partial charge is 0.298 e. The van der Waals surface area contributed by atoms with Gasteiger partial charge in [-0.2, -0.15) is 11.8 Å². The lowest BCUT2D eigenvalue weighted by atomic mass is 10.1. The van der Waals surface area contributed by atoms with E-state index in [1.54, 1.807) is 0 Å². The van der Waals surface area contributed by atoms with Crippen molar-refractivity contribution in [2.75, 3.05) is 5.75 Å². The SMILES string of the molecule is O=C(C1CC1)C1CCS1. The van der Waals surface area contributed by atoms with Gasteiger partial charge in [0.2, 0.25) is 0 Å². The Morgan fingerprint density at radius 1 is 1.33 bits per heavy atom. The molecule has 2 heteroatoms. The second-order valence-corrected chi connectivity index (χ2v) is 4.14. The van der Waals surface area contributed by atoms with E-state index in [1.165, 1.54) is 18.6 Å². The van der Waals surface area contributed by atoms with Gasteiger partial charge in [0.15, 0.2) is 0 Å². The highest BCUT2D eigenvalue weighted by Gasteiger charge is 2.37. The first-order chi connectivity index (χ1) is 4.38. The average Bonchev–Trinajstić information content (AvgIpc) is 2.37. The molecule has 1 atom stereocenters. The maximum Gasteiger partial charge on any atom is 0.148 e. The minimum absolute atomic E-state index is 0.414. The lowest BCUT2D eigenvalue weighted by Crippen LogP contribution is -2.27. The van der Waals surface area contributed by atoms with Crippen molar-refractivity contribution in [2.24, 2.45) is 5.92 Å². The van der Waals surface area contributed by atoms with E-state index in [1.807, 2.05) is 11.8 Å². The smallest absolute Gasteiger partial charge is 0.148 e. The zero-order valence-electron chi connectivity index (χ0n) is 5.30. The maximum atomic E-state index is 11.2. The van der Waals surface area contributed by atoms with Crippen LogP contribution in [0.5, 0.6) is 0 Å². The summed E-state index contributed by atoms with van der Waals surface area (Å²) in [6, 6.07) is 0. The zero-order valence-corrected chi connectivity index (χ0v) is 6.12. The van der Waals surface area contributed by atoms with Crippen LogP contribution in [0.2, 0.25) is 0 Å². The highest BCUT2D eigenvalue weighted by atomic mass is 32.2. The third kappa shape index (κ3) is 1.00. The van der Waals surface area contributed by atoms with Crippen LogP contribution in [0.15, 0.2) is 0 Å². The van der Waals surface area contributed by atoms with Crippen LogP contribution in [0.4, 0.5) is 0 Å². The highest BCUT2D eigenvalue weighted by Crippen LogP contribution is 2.38. The molecule has 1 saturated heterocycles. The van der Waals surface area contributed by atoms with Crippen molar-refractivity contribution in [3.63, 3.8) is 0 Å². The van der Waals surface area contributed by atoms with Crippen LogP contribution in [0.3, 0.4) is 0 Å². The standard InChI is InChI=1S/C7H10OS/c8-7(5-1-2-5)6-3-4-9-6/h5-6H,1-4H2. The van der Waals surface area contributed by atoms with Crippen molar-refractivity contribution in [1.29, 1.82) is 0 Å². The van der Waals surface area contributed by atoms with Crippen molar-refractivity contribution in [2.45, 2.75) is 24.5 Å². The molecule has 0 bridgehead atoms. The number of carbonyl (C=O) groups excluding carboxylic acids is 1. The molecule has 0 spiro atoms. The lowest BCUT2D eigenvalue weighted by Gasteiger charge is -2.22.